The average Bonchev–Trinajstić information content (AvgIpc) is 2.35. The Morgan fingerprint density at radius 2 is 1.61 bits per heavy atom. The minimum absolute atomic E-state index is 0.0541. The lowest BCUT2D eigenvalue weighted by atomic mass is 10.2. The standard InChI is InChI=1S/C13H8ClF3S/c14-10-5-8(1-3-11(10)15)7-18-9-2-4-12(16)13(17)6-9/h1-6H,7H2. The van der Waals surface area contributed by atoms with E-state index in [0.717, 1.165) is 17.7 Å². The summed E-state index contributed by atoms with van der Waals surface area (Å²) in [7, 11) is 0. The second-order valence-electron chi connectivity index (χ2n) is 3.61. The van der Waals surface area contributed by atoms with Gasteiger partial charge in [0.15, 0.2) is 11.6 Å². The van der Waals surface area contributed by atoms with Crippen LogP contribution in [0.2, 0.25) is 5.02 Å². The minimum Gasteiger partial charge on any atom is -0.205 e. The molecular weight excluding hydrogens is 281 g/mol. The molecule has 0 spiro atoms. The first kappa shape index (κ1) is 13.3. The Balaban J connectivity index is 2.06. The predicted octanol–water partition coefficient (Wildman–Crippen LogP) is 5.05. The van der Waals surface area contributed by atoms with Crippen LogP contribution in [0.15, 0.2) is 41.3 Å². The molecule has 0 saturated heterocycles. The fourth-order valence-corrected chi connectivity index (χ4v) is 2.43. The van der Waals surface area contributed by atoms with Crippen LogP contribution in [0.25, 0.3) is 0 Å². The van der Waals surface area contributed by atoms with Gasteiger partial charge in [-0.3, -0.25) is 0 Å². The fourth-order valence-electron chi connectivity index (χ4n) is 1.36. The van der Waals surface area contributed by atoms with Gasteiger partial charge in [0.05, 0.1) is 5.02 Å². The van der Waals surface area contributed by atoms with Crippen LogP contribution < -0.4 is 0 Å². The monoisotopic (exact) mass is 288 g/mol. The summed E-state index contributed by atoms with van der Waals surface area (Å²) in [6, 6.07) is 8.11. The maximum Gasteiger partial charge on any atom is 0.159 e. The van der Waals surface area contributed by atoms with Gasteiger partial charge in [0.25, 0.3) is 0 Å². The largest absolute Gasteiger partial charge is 0.205 e. The zero-order chi connectivity index (χ0) is 13.1. The predicted molar refractivity (Wildman–Crippen MR) is 67.3 cm³/mol. The van der Waals surface area contributed by atoms with E-state index in [9.17, 15) is 13.2 Å². The van der Waals surface area contributed by atoms with E-state index < -0.39 is 17.5 Å². The van der Waals surface area contributed by atoms with Gasteiger partial charge in [0, 0.05) is 10.6 Å². The molecule has 0 atom stereocenters. The molecule has 0 aliphatic carbocycles. The average molecular weight is 289 g/mol. The Bertz CT molecular complexity index is 521. The third-order valence-corrected chi connectivity index (χ3v) is 3.64. The van der Waals surface area contributed by atoms with Gasteiger partial charge in [-0.25, -0.2) is 13.2 Å². The highest BCUT2D eigenvalue weighted by Gasteiger charge is 2.05. The molecule has 2 aromatic rings. The van der Waals surface area contributed by atoms with Crippen LogP contribution >= 0.6 is 23.4 Å². The molecule has 5 heteroatoms. The molecule has 2 rings (SSSR count). The Morgan fingerprint density at radius 3 is 2.28 bits per heavy atom. The maximum absolute atomic E-state index is 13.0. The molecule has 0 aliphatic heterocycles. The molecule has 0 nitrogen and oxygen atoms in total. The third-order valence-electron chi connectivity index (χ3n) is 2.28. The highest BCUT2D eigenvalue weighted by molar-refractivity contribution is 7.98. The lowest BCUT2D eigenvalue weighted by Crippen LogP contribution is -1.86. The van der Waals surface area contributed by atoms with Gasteiger partial charge in [0.1, 0.15) is 5.82 Å². The summed E-state index contributed by atoms with van der Waals surface area (Å²) in [5.74, 6) is -1.72. The first-order valence-electron chi connectivity index (χ1n) is 5.08. The second kappa shape index (κ2) is 5.67. The smallest absolute Gasteiger partial charge is 0.159 e. The maximum atomic E-state index is 13.0. The highest BCUT2D eigenvalue weighted by atomic mass is 35.5. The van der Waals surface area contributed by atoms with Crippen molar-refractivity contribution in [1.29, 1.82) is 0 Å². The molecule has 0 N–H and O–H groups in total. The zero-order valence-corrected chi connectivity index (χ0v) is 10.7. The first-order chi connectivity index (χ1) is 8.56. The number of benzene rings is 2. The third kappa shape index (κ3) is 3.21. The summed E-state index contributed by atoms with van der Waals surface area (Å²) in [6.07, 6.45) is 0. The van der Waals surface area contributed by atoms with E-state index in [4.69, 9.17) is 11.6 Å². The Kier molecular flexibility index (Phi) is 4.19. The van der Waals surface area contributed by atoms with Crippen molar-refractivity contribution in [3.05, 3.63) is 64.4 Å². The molecule has 0 amide bonds. The normalized spacial score (nSPS) is 10.7. The summed E-state index contributed by atoms with van der Waals surface area (Å²) >= 11 is 6.97. The lowest BCUT2D eigenvalue weighted by molar-refractivity contribution is 0.506. The van der Waals surface area contributed by atoms with Gasteiger partial charge in [-0.2, -0.15) is 0 Å². The van der Waals surface area contributed by atoms with Crippen LogP contribution in [0.5, 0.6) is 0 Å². The van der Waals surface area contributed by atoms with E-state index in [0.29, 0.717) is 10.6 Å². The molecule has 0 saturated carbocycles. The Labute approximate surface area is 112 Å². The van der Waals surface area contributed by atoms with Crippen LogP contribution in [-0.4, -0.2) is 0 Å². The van der Waals surface area contributed by atoms with Crippen LogP contribution in [0.4, 0.5) is 13.2 Å². The molecular formula is C13H8ClF3S. The van der Waals surface area contributed by atoms with Gasteiger partial charge in [0.2, 0.25) is 0 Å². The topological polar surface area (TPSA) is 0 Å². The summed E-state index contributed by atoms with van der Waals surface area (Å²) in [4.78, 5) is 0.606. The molecule has 0 fully saturated rings. The van der Waals surface area contributed by atoms with Gasteiger partial charge in [-0.05, 0) is 35.9 Å². The van der Waals surface area contributed by atoms with E-state index in [1.165, 1.54) is 30.0 Å². The van der Waals surface area contributed by atoms with Crippen molar-refractivity contribution >= 4 is 23.4 Å². The Hall–Kier alpha value is -1.13. The molecule has 18 heavy (non-hydrogen) atoms. The van der Waals surface area contributed by atoms with Crippen molar-refractivity contribution in [2.24, 2.45) is 0 Å². The number of halogens is 4. The van der Waals surface area contributed by atoms with Gasteiger partial charge in [-0.1, -0.05) is 17.7 Å². The number of hydrogen-bond acceptors (Lipinski definition) is 1. The number of rotatable bonds is 3. The summed E-state index contributed by atoms with van der Waals surface area (Å²) in [6.45, 7) is 0. The number of thioether (sulfide) groups is 1. The SMILES string of the molecule is Fc1ccc(SCc2ccc(F)c(Cl)c2)cc1F. The molecule has 0 unspecified atom stereocenters. The highest BCUT2D eigenvalue weighted by Crippen LogP contribution is 2.26. The van der Waals surface area contributed by atoms with Crippen molar-refractivity contribution in [2.45, 2.75) is 10.6 Å². The van der Waals surface area contributed by atoms with Crippen molar-refractivity contribution in [2.75, 3.05) is 0 Å². The van der Waals surface area contributed by atoms with E-state index in [1.807, 2.05) is 0 Å². The number of hydrogen-bond donors (Lipinski definition) is 0. The van der Waals surface area contributed by atoms with Gasteiger partial charge in [-0.15, -0.1) is 11.8 Å². The fraction of sp³-hybridized carbons (Fsp3) is 0.0769. The molecule has 0 aromatic heterocycles. The van der Waals surface area contributed by atoms with Gasteiger partial charge < -0.3 is 0 Å². The molecule has 0 aliphatic rings. The molecule has 0 bridgehead atoms. The second-order valence-corrected chi connectivity index (χ2v) is 5.07. The summed E-state index contributed by atoms with van der Waals surface area (Å²) in [5.41, 5.74) is 0.816. The van der Waals surface area contributed by atoms with Crippen LogP contribution in [-0.2, 0) is 5.75 Å². The van der Waals surface area contributed by atoms with E-state index >= 15 is 0 Å². The van der Waals surface area contributed by atoms with Crippen LogP contribution in [0, 0.1) is 17.5 Å². The van der Waals surface area contributed by atoms with E-state index in [2.05, 4.69) is 0 Å². The van der Waals surface area contributed by atoms with E-state index in [-0.39, 0.29) is 5.02 Å². The zero-order valence-electron chi connectivity index (χ0n) is 9.09. The van der Waals surface area contributed by atoms with Crippen molar-refractivity contribution in [1.82, 2.24) is 0 Å². The van der Waals surface area contributed by atoms with Crippen molar-refractivity contribution in [3.8, 4) is 0 Å². The van der Waals surface area contributed by atoms with Gasteiger partial charge >= 0.3 is 0 Å². The summed E-state index contributed by atoms with van der Waals surface area (Å²) < 4.78 is 38.6. The van der Waals surface area contributed by atoms with Crippen LogP contribution in [0.3, 0.4) is 0 Å². The molecule has 0 heterocycles. The minimum atomic E-state index is -0.878. The van der Waals surface area contributed by atoms with E-state index in [1.54, 1.807) is 6.07 Å². The molecule has 94 valence electrons. The Morgan fingerprint density at radius 1 is 0.889 bits per heavy atom. The molecule has 0 radical (unpaired) electrons. The molecule has 2 aromatic carbocycles. The van der Waals surface area contributed by atoms with Crippen LogP contribution in [0.1, 0.15) is 5.56 Å². The quantitative estimate of drug-likeness (QED) is 0.712. The summed E-state index contributed by atoms with van der Waals surface area (Å²) in [5, 5.41) is 0.0541. The van der Waals surface area contributed by atoms with Crippen molar-refractivity contribution in [3.63, 3.8) is 0 Å². The lowest BCUT2D eigenvalue weighted by Gasteiger charge is -2.04. The first-order valence-corrected chi connectivity index (χ1v) is 6.44. The van der Waals surface area contributed by atoms with Crippen molar-refractivity contribution < 1.29 is 13.2 Å².